The molecule has 7 heteroatoms. The van der Waals surface area contributed by atoms with Crippen LogP contribution in [0.4, 0.5) is 5.82 Å². The average molecular weight is 290 g/mol. The van der Waals surface area contributed by atoms with Crippen LogP contribution < -0.4 is 5.32 Å². The first kappa shape index (κ1) is 13.4. The van der Waals surface area contributed by atoms with Gasteiger partial charge in [-0.05, 0) is 37.9 Å². The van der Waals surface area contributed by atoms with Crippen molar-refractivity contribution >= 4 is 17.6 Å². The van der Waals surface area contributed by atoms with Crippen molar-refractivity contribution < 1.29 is 0 Å². The zero-order valence-electron chi connectivity index (χ0n) is 11.7. The van der Waals surface area contributed by atoms with E-state index in [1.807, 2.05) is 13.0 Å². The largest absolute Gasteiger partial charge is 0.370 e. The lowest BCUT2D eigenvalue weighted by molar-refractivity contribution is 0.865. The Hall–Kier alpha value is -1.63. The highest BCUT2D eigenvalue weighted by atomic mass is 32.2. The Morgan fingerprint density at radius 2 is 2.20 bits per heavy atom. The van der Waals surface area contributed by atoms with Gasteiger partial charge in [0.1, 0.15) is 22.5 Å². The number of nitrogens with one attached hydrogen (secondary N) is 2. The third-order valence-electron chi connectivity index (χ3n) is 2.99. The number of aromatic nitrogens is 5. The Balaban J connectivity index is 1.82. The molecule has 20 heavy (non-hydrogen) atoms. The van der Waals surface area contributed by atoms with E-state index >= 15 is 0 Å². The van der Waals surface area contributed by atoms with Gasteiger partial charge in [-0.2, -0.15) is 0 Å². The highest BCUT2D eigenvalue weighted by molar-refractivity contribution is 7.99. The number of rotatable bonds is 6. The van der Waals surface area contributed by atoms with Crippen LogP contribution in [0.1, 0.15) is 43.8 Å². The van der Waals surface area contributed by atoms with Gasteiger partial charge in [-0.3, -0.25) is 5.10 Å². The molecule has 2 aromatic heterocycles. The van der Waals surface area contributed by atoms with E-state index in [0.717, 1.165) is 35.5 Å². The zero-order valence-corrected chi connectivity index (χ0v) is 12.5. The van der Waals surface area contributed by atoms with Crippen LogP contribution in [0.25, 0.3) is 0 Å². The van der Waals surface area contributed by atoms with Gasteiger partial charge in [0.15, 0.2) is 0 Å². The van der Waals surface area contributed by atoms with Gasteiger partial charge >= 0.3 is 0 Å². The number of hydrogen-bond acceptors (Lipinski definition) is 6. The molecule has 1 aliphatic carbocycles. The monoisotopic (exact) mass is 290 g/mol. The molecule has 2 N–H and O–H groups in total. The second-order valence-electron chi connectivity index (χ2n) is 4.96. The summed E-state index contributed by atoms with van der Waals surface area (Å²) in [5.41, 5.74) is 0. The zero-order chi connectivity index (χ0) is 13.9. The van der Waals surface area contributed by atoms with Crippen molar-refractivity contribution in [3.05, 3.63) is 17.7 Å². The molecule has 0 atom stereocenters. The van der Waals surface area contributed by atoms with Crippen LogP contribution in [0.2, 0.25) is 0 Å². The summed E-state index contributed by atoms with van der Waals surface area (Å²) in [7, 11) is 0. The summed E-state index contributed by atoms with van der Waals surface area (Å²) in [6, 6.07) is 1.97. The minimum atomic E-state index is 0.534. The van der Waals surface area contributed by atoms with Gasteiger partial charge in [0.05, 0.1) is 0 Å². The molecule has 6 nitrogen and oxygen atoms in total. The molecule has 2 aromatic rings. The highest BCUT2D eigenvalue weighted by Gasteiger charge is 2.27. The van der Waals surface area contributed by atoms with E-state index in [4.69, 9.17) is 0 Å². The van der Waals surface area contributed by atoms with Crippen molar-refractivity contribution in [2.24, 2.45) is 0 Å². The predicted octanol–water partition coefficient (Wildman–Crippen LogP) is 2.75. The Kier molecular flexibility index (Phi) is 3.86. The fourth-order valence-electron chi connectivity index (χ4n) is 1.82. The molecule has 0 spiro atoms. The van der Waals surface area contributed by atoms with Crippen LogP contribution in [-0.2, 0) is 0 Å². The Bertz CT molecular complexity index is 592. The summed E-state index contributed by atoms with van der Waals surface area (Å²) < 4.78 is 0. The third kappa shape index (κ3) is 3.27. The van der Waals surface area contributed by atoms with Gasteiger partial charge in [-0.25, -0.2) is 15.0 Å². The second kappa shape index (κ2) is 5.78. The van der Waals surface area contributed by atoms with E-state index in [9.17, 15) is 0 Å². The van der Waals surface area contributed by atoms with Crippen LogP contribution in [-0.4, -0.2) is 31.7 Å². The van der Waals surface area contributed by atoms with E-state index < -0.39 is 0 Å². The molecular weight excluding hydrogens is 272 g/mol. The summed E-state index contributed by atoms with van der Waals surface area (Å²) in [5, 5.41) is 11.9. The van der Waals surface area contributed by atoms with Gasteiger partial charge in [0.25, 0.3) is 0 Å². The van der Waals surface area contributed by atoms with Crippen molar-refractivity contribution in [3.8, 4) is 0 Å². The second-order valence-corrected chi connectivity index (χ2v) is 5.94. The van der Waals surface area contributed by atoms with Crippen LogP contribution in [0.15, 0.2) is 16.2 Å². The quantitative estimate of drug-likeness (QED) is 0.796. The van der Waals surface area contributed by atoms with Gasteiger partial charge in [-0.1, -0.05) is 6.92 Å². The maximum Gasteiger partial charge on any atom is 0.214 e. The number of nitrogens with zero attached hydrogens (tertiary/aromatic N) is 4. The fraction of sp³-hybridized carbons (Fsp3) is 0.538. The predicted molar refractivity (Wildman–Crippen MR) is 78.0 cm³/mol. The van der Waals surface area contributed by atoms with Crippen LogP contribution >= 0.6 is 11.8 Å². The van der Waals surface area contributed by atoms with E-state index in [-0.39, 0.29) is 0 Å². The molecule has 2 heterocycles. The van der Waals surface area contributed by atoms with Crippen molar-refractivity contribution in [1.29, 1.82) is 0 Å². The van der Waals surface area contributed by atoms with Gasteiger partial charge in [0, 0.05) is 18.5 Å². The standard InChI is InChI=1S/C13H18N6S/c1-3-6-14-10-7-11(17-12(16-10)9-4-5-9)20-13-15-8(2)18-19-13/h7,9H,3-6H2,1-2H3,(H,14,16,17)(H,15,18,19). The Morgan fingerprint density at radius 1 is 1.35 bits per heavy atom. The number of hydrogen-bond donors (Lipinski definition) is 2. The van der Waals surface area contributed by atoms with E-state index in [1.165, 1.54) is 24.6 Å². The molecule has 0 saturated heterocycles. The SMILES string of the molecule is CCCNc1cc(Sc2n[nH]c(C)n2)nc(C2CC2)n1. The Labute approximate surface area is 122 Å². The van der Waals surface area contributed by atoms with Crippen molar-refractivity contribution in [1.82, 2.24) is 25.1 Å². The van der Waals surface area contributed by atoms with Crippen molar-refractivity contribution in [2.75, 3.05) is 11.9 Å². The fourth-order valence-corrected chi connectivity index (χ4v) is 2.59. The molecule has 0 aromatic carbocycles. The molecule has 0 radical (unpaired) electrons. The number of anilines is 1. The lowest BCUT2D eigenvalue weighted by Crippen LogP contribution is -2.05. The molecule has 0 bridgehead atoms. The Morgan fingerprint density at radius 3 is 2.85 bits per heavy atom. The molecule has 0 aliphatic heterocycles. The average Bonchev–Trinajstić information content (AvgIpc) is 3.21. The van der Waals surface area contributed by atoms with E-state index in [2.05, 4.69) is 37.4 Å². The maximum absolute atomic E-state index is 4.63. The summed E-state index contributed by atoms with van der Waals surface area (Å²) in [4.78, 5) is 13.5. The maximum atomic E-state index is 4.63. The van der Waals surface area contributed by atoms with Crippen molar-refractivity contribution in [3.63, 3.8) is 0 Å². The third-order valence-corrected chi connectivity index (χ3v) is 3.77. The summed E-state index contributed by atoms with van der Waals surface area (Å²) >= 11 is 1.47. The first-order chi connectivity index (χ1) is 9.74. The van der Waals surface area contributed by atoms with Crippen LogP contribution in [0.3, 0.4) is 0 Å². The number of aryl methyl sites for hydroxylation is 1. The first-order valence-corrected chi connectivity index (χ1v) is 7.76. The summed E-state index contributed by atoms with van der Waals surface area (Å²) in [6.45, 7) is 4.95. The lowest BCUT2D eigenvalue weighted by atomic mass is 10.4. The minimum Gasteiger partial charge on any atom is -0.370 e. The normalized spacial score (nSPS) is 14.5. The molecular formula is C13H18N6S. The lowest BCUT2D eigenvalue weighted by Gasteiger charge is -2.07. The van der Waals surface area contributed by atoms with Crippen LogP contribution in [0.5, 0.6) is 0 Å². The minimum absolute atomic E-state index is 0.534. The first-order valence-electron chi connectivity index (χ1n) is 6.94. The molecule has 3 rings (SSSR count). The molecule has 0 unspecified atom stereocenters. The molecule has 106 valence electrons. The van der Waals surface area contributed by atoms with Gasteiger partial charge in [0.2, 0.25) is 5.16 Å². The summed E-state index contributed by atoms with van der Waals surface area (Å²) in [6.07, 6.45) is 3.47. The van der Waals surface area contributed by atoms with Gasteiger partial charge < -0.3 is 5.32 Å². The van der Waals surface area contributed by atoms with E-state index in [1.54, 1.807) is 0 Å². The molecule has 1 aliphatic rings. The number of H-pyrrole nitrogens is 1. The van der Waals surface area contributed by atoms with Crippen molar-refractivity contribution in [2.45, 2.75) is 49.2 Å². The molecule has 1 fully saturated rings. The van der Waals surface area contributed by atoms with Gasteiger partial charge in [-0.15, -0.1) is 5.10 Å². The summed E-state index contributed by atoms with van der Waals surface area (Å²) in [5.74, 6) is 3.19. The topological polar surface area (TPSA) is 79.4 Å². The highest BCUT2D eigenvalue weighted by Crippen LogP contribution is 2.39. The van der Waals surface area contributed by atoms with Crippen LogP contribution in [0, 0.1) is 6.92 Å². The molecule has 0 amide bonds. The van der Waals surface area contributed by atoms with E-state index in [0.29, 0.717) is 11.1 Å². The molecule has 1 saturated carbocycles. The smallest absolute Gasteiger partial charge is 0.214 e. The number of aromatic amines is 1.